The molecule has 0 unspecified atom stereocenters. The molecule has 2 aromatic rings. The van der Waals surface area contributed by atoms with E-state index in [9.17, 15) is 10.1 Å². The van der Waals surface area contributed by atoms with Gasteiger partial charge in [-0.1, -0.05) is 0 Å². The molecule has 0 fully saturated rings. The molecule has 18 heavy (non-hydrogen) atoms. The average molecular weight is 263 g/mol. The van der Waals surface area contributed by atoms with Gasteiger partial charge in [-0.2, -0.15) is 11.3 Å². The van der Waals surface area contributed by atoms with Crippen LogP contribution in [0.2, 0.25) is 0 Å². The Morgan fingerprint density at radius 1 is 1.56 bits per heavy atom. The van der Waals surface area contributed by atoms with E-state index < -0.39 is 4.92 Å². The number of aromatic nitrogens is 1. The number of pyridine rings is 1. The Balaban J connectivity index is 1.94. The number of hydrogen-bond acceptors (Lipinski definition) is 5. The van der Waals surface area contributed by atoms with Crippen LogP contribution in [0.25, 0.3) is 0 Å². The standard InChI is InChI=1S/C12H13N3O2S/c1-9-6-12(14-7-11(9)15(16)17)13-4-2-10-3-5-18-8-10/h3,5-8H,2,4H2,1H3,(H,13,14). The van der Waals surface area contributed by atoms with Crippen molar-refractivity contribution >= 4 is 22.8 Å². The zero-order chi connectivity index (χ0) is 13.0. The molecule has 1 N–H and O–H groups in total. The summed E-state index contributed by atoms with van der Waals surface area (Å²) in [6, 6.07) is 3.78. The van der Waals surface area contributed by atoms with Crippen molar-refractivity contribution in [1.29, 1.82) is 0 Å². The monoisotopic (exact) mass is 263 g/mol. The van der Waals surface area contributed by atoms with E-state index in [-0.39, 0.29) is 5.69 Å². The first kappa shape index (κ1) is 12.5. The van der Waals surface area contributed by atoms with E-state index in [1.165, 1.54) is 11.8 Å². The molecule has 0 amide bonds. The normalized spacial score (nSPS) is 10.3. The van der Waals surface area contributed by atoms with Crippen molar-refractivity contribution in [1.82, 2.24) is 4.98 Å². The Morgan fingerprint density at radius 3 is 3.00 bits per heavy atom. The largest absolute Gasteiger partial charge is 0.370 e. The lowest BCUT2D eigenvalue weighted by Crippen LogP contribution is -2.06. The van der Waals surface area contributed by atoms with E-state index >= 15 is 0 Å². The van der Waals surface area contributed by atoms with Gasteiger partial charge in [0.25, 0.3) is 5.69 Å². The number of anilines is 1. The maximum Gasteiger partial charge on any atom is 0.290 e. The highest BCUT2D eigenvalue weighted by molar-refractivity contribution is 7.07. The lowest BCUT2D eigenvalue weighted by Gasteiger charge is -2.05. The SMILES string of the molecule is Cc1cc(NCCc2ccsc2)ncc1[N+](=O)[O-]. The first-order chi connectivity index (χ1) is 8.66. The molecule has 0 spiro atoms. The topological polar surface area (TPSA) is 68.1 Å². The van der Waals surface area contributed by atoms with E-state index in [0.29, 0.717) is 11.4 Å². The summed E-state index contributed by atoms with van der Waals surface area (Å²) in [5.41, 5.74) is 1.96. The summed E-state index contributed by atoms with van der Waals surface area (Å²) < 4.78 is 0. The van der Waals surface area contributed by atoms with Gasteiger partial charge < -0.3 is 5.32 Å². The third-order valence-corrected chi connectivity index (χ3v) is 3.31. The molecule has 0 aliphatic carbocycles. The second-order valence-corrected chi connectivity index (χ2v) is 4.70. The summed E-state index contributed by atoms with van der Waals surface area (Å²) in [5.74, 6) is 0.674. The lowest BCUT2D eigenvalue weighted by atomic mass is 10.2. The van der Waals surface area contributed by atoms with Crippen LogP contribution in [0.3, 0.4) is 0 Å². The number of rotatable bonds is 5. The molecule has 0 saturated heterocycles. The first-order valence-electron chi connectivity index (χ1n) is 5.53. The fourth-order valence-electron chi connectivity index (χ4n) is 1.61. The van der Waals surface area contributed by atoms with Crippen LogP contribution in [0, 0.1) is 17.0 Å². The minimum atomic E-state index is -0.419. The minimum Gasteiger partial charge on any atom is -0.370 e. The predicted molar refractivity (Wildman–Crippen MR) is 72.1 cm³/mol. The Hall–Kier alpha value is -1.95. The van der Waals surface area contributed by atoms with Gasteiger partial charge in [0.2, 0.25) is 0 Å². The van der Waals surface area contributed by atoms with Crippen molar-refractivity contribution in [2.24, 2.45) is 0 Å². The van der Waals surface area contributed by atoms with Crippen LogP contribution in [0.15, 0.2) is 29.1 Å². The van der Waals surface area contributed by atoms with Crippen LogP contribution in [0.4, 0.5) is 11.5 Å². The molecular weight excluding hydrogens is 250 g/mol. The second-order valence-electron chi connectivity index (χ2n) is 3.92. The smallest absolute Gasteiger partial charge is 0.290 e. The Kier molecular flexibility index (Phi) is 3.88. The summed E-state index contributed by atoms with van der Waals surface area (Å²) >= 11 is 1.68. The summed E-state index contributed by atoms with van der Waals surface area (Å²) in [7, 11) is 0. The van der Waals surface area contributed by atoms with Crippen LogP contribution < -0.4 is 5.32 Å². The molecule has 0 aliphatic rings. The van der Waals surface area contributed by atoms with Crippen LogP contribution in [-0.4, -0.2) is 16.5 Å². The molecule has 0 atom stereocenters. The number of nitrogens with zero attached hydrogens (tertiary/aromatic N) is 2. The zero-order valence-corrected chi connectivity index (χ0v) is 10.7. The minimum absolute atomic E-state index is 0.0541. The molecule has 2 heterocycles. The van der Waals surface area contributed by atoms with Crippen molar-refractivity contribution in [3.05, 3.63) is 50.3 Å². The highest BCUT2D eigenvalue weighted by Gasteiger charge is 2.10. The summed E-state index contributed by atoms with van der Waals surface area (Å²) in [6.45, 7) is 2.48. The molecule has 0 radical (unpaired) electrons. The molecule has 2 rings (SSSR count). The van der Waals surface area contributed by atoms with E-state index in [1.807, 2.05) is 5.38 Å². The molecule has 0 aromatic carbocycles. The van der Waals surface area contributed by atoms with E-state index in [0.717, 1.165) is 13.0 Å². The van der Waals surface area contributed by atoms with Crippen LogP contribution in [0.5, 0.6) is 0 Å². The quantitative estimate of drug-likeness (QED) is 0.665. The van der Waals surface area contributed by atoms with Crippen molar-refractivity contribution in [3.63, 3.8) is 0 Å². The molecule has 0 bridgehead atoms. The van der Waals surface area contributed by atoms with Gasteiger partial charge in [0.05, 0.1) is 4.92 Å². The van der Waals surface area contributed by atoms with Crippen molar-refractivity contribution in [2.45, 2.75) is 13.3 Å². The molecule has 2 aromatic heterocycles. The Bertz CT molecular complexity index is 540. The number of thiophene rings is 1. The maximum absolute atomic E-state index is 10.6. The van der Waals surface area contributed by atoms with Gasteiger partial charge >= 0.3 is 0 Å². The van der Waals surface area contributed by atoms with E-state index in [1.54, 1.807) is 24.3 Å². The van der Waals surface area contributed by atoms with Crippen LogP contribution in [0.1, 0.15) is 11.1 Å². The van der Waals surface area contributed by atoms with Crippen LogP contribution in [-0.2, 0) is 6.42 Å². The van der Waals surface area contributed by atoms with E-state index in [4.69, 9.17) is 0 Å². The fraction of sp³-hybridized carbons (Fsp3) is 0.250. The van der Waals surface area contributed by atoms with Crippen molar-refractivity contribution in [2.75, 3.05) is 11.9 Å². The van der Waals surface area contributed by atoms with Gasteiger partial charge in [0, 0.05) is 12.1 Å². The third-order valence-electron chi connectivity index (χ3n) is 2.58. The molecule has 0 aliphatic heterocycles. The van der Waals surface area contributed by atoms with Crippen molar-refractivity contribution in [3.8, 4) is 0 Å². The highest BCUT2D eigenvalue weighted by Crippen LogP contribution is 2.18. The number of nitrogens with one attached hydrogen (secondary N) is 1. The van der Waals surface area contributed by atoms with Gasteiger partial charge in [-0.25, -0.2) is 4.98 Å². The lowest BCUT2D eigenvalue weighted by molar-refractivity contribution is -0.385. The van der Waals surface area contributed by atoms with E-state index in [2.05, 4.69) is 21.7 Å². The average Bonchev–Trinajstić information content (AvgIpc) is 2.81. The Labute approximate surface area is 109 Å². The van der Waals surface area contributed by atoms with Gasteiger partial charge in [0.1, 0.15) is 12.0 Å². The van der Waals surface area contributed by atoms with Gasteiger partial charge in [-0.15, -0.1) is 0 Å². The van der Waals surface area contributed by atoms with Gasteiger partial charge in [-0.3, -0.25) is 10.1 Å². The molecule has 6 heteroatoms. The summed E-state index contributed by atoms with van der Waals surface area (Å²) in [5, 5.41) is 18.0. The van der Waals surface area contributed by atoms with Gasteiger partial charge in [-0.05, 0) is 41.8 Å². The number of hydrogen-bond donors (Lipinski definition) is 1. The number of aryl methyl sites for hydroxylation is 1. The molecular formula is C12H13N3O2S. The molecule has 94 valence electrons. The number of nitro groups is 1. The molecule has 0 saturated carbocycles. The highest BCUT2D eigenvalue weighted by atomic mass is 32.1. The second kappa shape index (κ2) is 5.59. The summed E-state index contributed by atoms with van der Waals surface area (Å²) in [6.07, 6.45) is 2.21. The fourth-order valence-corrected chi connectivity index (χ4v) is 2.31. The summed E-state index contributed by atoms with van der Waals surface area (Å²) in [4.78, 5) is 14.3. The predicted octanol–water partition coefficient (Wildman–Crippen LogP) is 3.01. The zero-order valence-electron chi connectivity index (χ0n) is 9.92. The van der Waals surface area contributed by atoms with Crippen LogP contribution >= 0.6 is 11.3 Å². The van der Waals surface area contributed by atoms with Crippen molar-refractivity contribution < 1.29 is 4.92 Å². The molecule has 5 nitrogen and oxygen atoms in total. The Morgan fingerprint density at radius 2 is 2.39 bits per heavy atom. The van der Waals surface area contributed by atoms with Gasteiger partial charge in [0.15, 0.2) is 0 Å². The first-order valence-corrected chi connectivity index (χ1v) is 6.47. The third kappa shape index (κ3) is 3.04. The maximum atomic E-state index is 10.6.